The molecule has 5 nitrogen and oxygen atoms in total. The Labute approximate surface area is 140 Å². The van der Waals surface area contributed by atoms with Crippen LogP contribution in [0.5, 0.6) is 0 Å². The van der Waals surface area contributed by atoms with E-state index in [0.29, 0.717) is 6.61 Å². The molecule has 136 valence electrons. The molecule has 23 heavy (non-hydrogen) atoms. The second kappa shape index (κ2) is 14.6. The fourth-order valence-electron chi connectivity index (χ4n) is 1.96. The van der Waals surface area contributed by atoms with Gasteiger partial charge in [0.15, 0.2) is 0 Å². The molecule has 1 rings (SSSR count). The van der Waals surface area contributed by atoms with Crippen LogP contribution in [0.1, 0.15) is 63.9 Å². The van der Waals surface area contributed by atoms with Crippen LogP contribution in [0.2, 0.25) is 0 Å². The molecule has 0 aromatic heterocycles. The number of hydrogen-bond donors (Lipinski definition) is 2. The molecule has 0 radical (unpaired) electrons. The van der Waals surface area contributed by atoms with Gasteiger partial charge in [0.1, 0.15) is 0 Å². The van der Waals surface area contributed by atoms with Gasteiger partial charge in [-0.1, -0.05) is 69.6 Å². The normalized spacial score (nSPS) is 10.4. The molecule has 0 saturated heterocycles. The maximum atomic E-state index is 10.5. The van der Waals surface area contributed by atoms with Gasteiger partial charge in [0, 0.05) is 6.61 Å². The van der Waals surface area contributed by atoms with Gasteiger partial charge in [0.05, 0.1) is 4.90 Å². The Kier molecular flexibility index (Phi) is 15.5. The van der Waals surface area contributed by atoms with Gasteiger partial charge >= 0.3 is 0 Å². The maximum Gasteiger partial charge on any atom is 0.294 e. The molecule has 0 saturated carbocycles. The summed E-state index contributed by atoms with van der Waals surface area (Å²) < 4.78 is 29.6. The highest BCUT2D eigenvalue weighted by molar-refractivity contribution is 7.85. The summed E-state index contributed by atoms with van der Waals surface area (Å²) in [7, 11) is -4.02. The summed E-state index contributed by atoms with van der Waals surface area (Å²) in [6.45, 7) is 4.45. The van der Waals surface area contributed by atoms with Gasteiger partial charge in [0.25, 0.3) is 10.1 Å². The first-order chi connectivity index (χ1) is 10.4. The Morgan fingerprint density at radius 1 is 0.870 bits per heavy atom. The van der Waals surface area contributed by atoms with E-state index < -0.39 is 10.1 Å². The minimum atomic E-state index is -4.02. The standard InChI is InChI=1S/C10H22O.C7H8O3S.H2O/c1-2-3-4-5-6-7-8-9-10-11;1-6-2-4-7(5-3-6)11(8,9)10;/h11H,2-10H2,1H3;2-5H,1H3,(H,8,9,10);1H2. The van der Waals surface area contributed by atoms with Crippen LogP contribution in [-0.2, 0) is 10.1 Å². The highest BCUT2D eigenvalue weighted by Crippen LogP contribution is 2.09. The number of aryl methyl sites for hydroxylation is 1. The third kappa shape index (κ3) is 14.4. The zero-order valence-corrected chi connectivity index (χ0v) is 15.1. The van der Waals surface area contributed by atoms with Crippen LogP contribution in [0.3, 0.4) is 0 Å². The molecule has 0 fully saturated rings. The molecule has 0 amide bonds. The molecule has 0 atom stereocenters. The van der Waals surface area contributed by atoms with Crippen molar-refractivity contribution in [3.63, 3.8) is 0 Å². The van der Waals surface area contributed by atoms with Gasteiger partial charge in [-0.25, -0.2) is 0 Å². The average Bonchev–Trinajstić information content (AvgIpc) is 2.47. The number of hydrogen-bond acceptors (Lipinski definition) is 3. The molecule has 0 bridgehead atoms. The smallest absolute Gasteiger partial charge is 0.294 e. The molecule has 1 aromatic rings. The molecule has 0 unspecified atom stereocenters. The third-order valence-corrected chi connectivity index (χ3v) is 4.20. The van der Waals surface area contributed by atoms with Crippen molar-refractivity contribution in [1.29, 1.82) is 0 Å². The molecule has 0 aliphatic heterocycles. The Bertz CT molecular complexity index is 460. The van der Waals surface area contributed by atoms with Crippen molar-refractivity contribution in [3.8, 4) is 0 Å². The molecular formula is C17H32O5S. The van der Waals surface area contributed by atoms with Gasteiger partial charge in [-0.2, -0.15) is 8.42 Å². The van der Waals surface area contributed by atoms with E-state index in [2.05, 4.69) is 6.92 Å². The van der Waals surface area contributed by atoms with Crippen LogP contribution in [0.25, 0.3) is 0 Å². The molecule has 0 aliphatic rings. The zero-order valence-electron chi connectivity index (χ0n) is 14.3. The lowest BCUT2D eigenvalue weighted by atomic mass is 10.1. The summed E-state index contributed by atoms with van der Waals surface area (Å²) in [5.41, 5.74) is 0.956. The Hall–Kier alpha value is -0.950. The Morgan fingerprint density at radius 2 is 1.30 bits per heavy atom. The van der Waals surface area contributed by atoms with Gasteiger partial charge in [-0.3, -0.25) is 4.55 Å². The minimum Gasteiger partial charge on any atom is -0.412 e. The van der Waals surface area contributed by atoms with Crippen molar-refractivity contribution < 1.29 is 23.6 Å². The number of benzene rings is 1. The fraction of sp³-hybridized carbons (Fsp3) is 0.647. The van der Waals surface area contributed by atoms with E-state index in [4.69, 9.17) is 9.66 Å². The Balaban J connectivity index is 0. The van der Waals surface area contributed by atoms with E-state index >= 15 is 0 Å². The summed E-state index contributed by atoms with van der Waals surface area (Å²) in [6.07, 6.45) is 10.4. The monoisotopic (exact) mass is 348 g/mol. The van der Waals surface area contributed by atoms with E-state index in [1.807, 2.05) is 6.92 Å². The van der Waals surface area contributed by atoms with Crippen molar-refractivity contribution in [1.82, 2.24) is 0 Å². The quantitative estimate of drug-likeness (QED) is 0.526. The summed E-state index contributed by atoms with van der Waals surface area (Å²) in [5.74, 6) is 0. The third-order valence-electron chi connectivity index (χ3n) is 3.33. The minimum absolute atomic E-state index is 0. The van der Waals surface area contributed by atoms with Crippen LogP contribution in [0.15, 0.2) is 29.2 Å². The first kappa shape index (κ1) is 24.3. The number of rotatable bonds is 9. The topological polar surface area (TPSA) is 106 Å². The van der Waals surface area contributed by atoms with E-state index in [1.165, 1.54) is 57.1 Å². The van der Waals surface area contributed by atoms with Crippen molar-refractivity contribution >= 4 is 10.1 Å². The van der Waals surface area contributed by atoms with Crippen molar-refractivity contribution in [2.75, 3.05) is 6.61 Å². The average molecular weight is 349 g/mol. The number of aliphatic hydroxyl groups excluding tert-OH is 1. The molecule has 4 N–H and O–H groups in total. The zero-order chi connectivity index (χ0) is 16.8. The molecular weight excluding hydrogens is 316 g/mol. The summed E-state index contributed by atoms with van der Waals surface area (Å²) in [5, 5.41) is 8.51. The van der Waals surface area contributed by atoms with Gasteiger partial charge in [0.2, 0.25) is 0 Å². The first-order valence-corrected chi connectivity index (χ1v) is 9.50. The van der Waals surface area contributed by atoms with E-state index in [9.17, 15) is 8.42 Å². The van der Waals surface area contributed by atoms with Crippen molar-refractivity contribution in [2.24, 2.45) is 0 Å². The van der Waals surface area contributed by atoms with Crippen LogP contribution in [0, 0.1) is 6.92 Å². The number of aliphatic hydroxyl groups is 1. The fourth-order valence-corrected chi connectivity index (χ4v) is 2.44. The highest BCUT2D eigenvalue weighted by Gasteiger charge is 2.06. The van der Waals surface area contributed by atoms with Crippen LogP contribution in [-0.4, -0.2) is 30.2 Å². The van der Waals surface area contributed by atoms with Crippen LogP contribution >= 0.6 is 0 Å². The second-order valence-corrected chi connectivity index (χ2v) is 6.91. The lowest BCUT2D eigenvalue weighted by molar-refractivity contribution is 0.282. The van der Waals surface area contributed by atoms with E-state index in [1.54, 1.807) is 12.1 Å². The summed E-state index contributed by atoms with van der Waals surface area (Å²) in [6, 6.07) is 5.99. The number of unbranched alkanes of at least 4 members (excludes halogenated alkanes) is 7. The molecule has 0 spiro atoms. The van der Waals surface area contributed by atoms with Gasteiger partial charge < -0.3 is 10.6 Å². The van der Waals surface area contributed by atoms with Crippen LogP contribution in [0.4, 0.5) is 0 Å². The summed E-state index contributed by atoms with van der Waals surface area (Å²) >= 11 is 0. The van der Waals surface area contributed by atoms with Crippen molar-refractivity contribution in [3.05, 3.63) is 29.8 Å². The predicted molar refractivity (Wildman–Crippen MR) is 94.3 cm³/mol. The van der Waals surface area contributed by atoms with Crippen LogP contribution < -0.4 is 0 Å². The highest BCUT2D eigenvalue weighted by atomic mass is 32.2. The van der Waals surface area contributed by atoms with Crippen molar-refractivity contribution in [2.45, 2.75) is 70.1 Å². The largest absolute Gasteiger partial charge is 0.412 e. The molecule has 0 aliphatic carbocycles. The molecule has 6 heteroatoms. The Morgan fingerprint density at radius 3 is 1.70 bits per heavy atom. The van der Waals surface area contributed by atoms with E-state index in [-0.39, 0.29) is 10.4 Å². The lowest BCUT2D eigenvalue weighted by Gasteiger charge is -1.98. The maximum absolute atomic E-state index is 10.5. The molecule has 0 heterocycles. The summed E-state index contributed by atoms with van der Waals surface area (Å²) in [4.78, 5) is -0.0666. The SMILES string of the molecule is CCCCCCCCCCO.Cc1ccc(S(=O)(=O)O)cc1.O. The van der Waals surface area contributed by atoms with Gasteiger partial charge in [-0.05, 0) is 25.5 Å². The lowest BCUT2D eigenvalue weighted by Crippen LogP contribution is -1.96. The van der Waals surface area contributed by atoms with Gasteiger partial charge in [-0.15, -0.1) is 0 Å². The van der Waals surface area contributed by atoms with E-state index in [0.717, 1.165) is 12.0 Å². The molecule has 1 aromatic carbocycles. The predicted octanol–water partition coefficient (Wildman–Crippen LogP) is 3.54. The first-order valence-electron chi connectivity index (χ1n) is 8.06. The second-order valence-electron chi connectivity index (χ2n) is 5.49.